The van der Waals surface area contributed by atoms with Gasteiger partial charge in [0.05, 0.1) is 18.7 Å². The van der Waals surface area contributed by atoms with E-state index in [0.29, 0.717) is 25.4 Å². The highest BCUT2D eigenvalue weighted by Crippen LogP contribution is 2.32. The number of furan rings is 1. The van der Waals surface area contributed by atoms with Gasteiger partial charge in [-0.2, -0.15) is 0 Å². The summed E-state index contributed by atoms with van der Waals surface area (Å²) >= 11 is 0. The van der Waals surface area contributed by atoms with Crippen LogP contribution in [0.2, 0.25) is 0 Å². The van der Waals surface area contributed by atoms with Crippen molar-refractivity contribution in [1.29, 1.82) is 0 Å². The molecule has 1 aromatic carbocycles. The van der Waals surface area contributed by atoms with Gasteiger partial charge >= 0.3 is 0 Å². The fraction of sp³-hybridized carbons (Fsp3) is 0.389. The summed E-state index contributed by atoms with van der Waals surface area (Å²) in [5.74, 6) is 0.698. The van der Waals surface area contributed by atoms with E-state index in [1.165, 1.54) is 13.1 Å². The highest BCUT2D eigenvalue weighted by atomic mass is 32.2. The predicted molar refractivity (Wildman–Crippen MR) is 99.3 cm³/mol. The lowest BCUT2D eigenvalue weighted by atomic mass is 10.0. The molecule has 1 aliphatic heterocycles. The number of piperazine rings is 1. The lowest BCUT2D eigenvalue weighted by Gasteiger charge is -2.37. The van der Waals surface area contributed by atoms with Gasteiger partial charge in [-0.05, 0) is 20.0 Å². The summed E-state index contributed by atoms with van der Waals surface area (Å²) in [5.41, 5.74) is 1.13. The maximum absolute atomic E-state index is 13.2. The number of para-hydroxylation sites is 1. The Balaban J connectivity index is 1.97. The van der Waals surface area contributed by atoms with E-state index in [1.54, 1.807) is 18.9 Å². The van der Waals surface area contributed by atoms with Crippen LogP contribution < -0.4 is 14.8 Å². The number of nitrogens with zero attached hydrogens (tertiary/aromatic N) is 1. The second kappa shape index (κ2) is 7.71. The minimum atomic E-state index is -3.76. The molecule has 1 saturated heterocycles. The molecule has 2 heterocycles. The average Bonchev–Trinajstić information content (AvgIpc) is 3.10. The molecule has 27 heavy (non-hydrogen) atoms. The van der Waals surface area contributed by atoms with Crippen LogP contribution in [0.15, 0.2) is 39.8 Å². The quantitative estimate of drug-likeness (QED) is 0.794. The van der Waals surface area contributed by atoms with Crippen molar-refractivity contribution in [2.75, 3.05) is 33.8 Å². The molecule has 146 valence electrons. The summed E-state index contributed by atoms with van der Waals surface area (Å²) in [6, 6.07) is 8.60. The molecule has 2 N–H and O–H groups in total. The second-order valence-corrected chi connectivity index (χ2v) is 8.02. The number of methoxy groups -OCH3 is 1. The standard InChI is InChI=1S/C18H23N3O5S/c1-12-14(10-17(26-12)27(23,24)19-2)18(22)21-9-8-20-11-15(21)13-6-4-5-7-16(13)25-3/h4-7,10,15,19-20H,8-9,11H2,1-3H3. The van der Waals surface area contributed by atoms with Crippen molar-refractivity contribution in [3.05, 3.63) is 47.2 Å². The molecule has 2 aromatic rings. The Morgan fingerprint density at radius 3 is 2.81 bits per heavy atom. The van der Waals surface area contributed by atoms with Gasteiger partial charge in [0.2, 0.25) is 5.09 Å². The van der Waals surface area contributed by atoms with Crippen molar-refractivity contribution in [3.63, 3.8) is 0 Å². The first kappa shape index (κ1) is 19.4. The van der Waals surface area contributed by atoms with Crippen molar-refractivity contribution in [3.8, 4) is 5.75 Å². The van der Waals surface area contributed by atoms with Gasteiger partial charge in [-0.25, -0.2) is 13.1 Å². The Kier molecular flexibility index (Phi) is 5.54. The Labute approximate surface area is 158 Å². The number of amides is 1. The number of sulfonamides is 1. The van der Waals surface area contributed by atoms with Gasteiger partial charge < -0.3 is 19.4 Å². The lowest BCUT2D eigenvalue weighted by molar-refractivity contribution is 0.0630. The molecule has 0 bridgehead atoms. The fourth-order valence-electron chi connectivity index (χ4n) is 3.22. The first-order valence-corrected chi connectivity index (χ1v) is 10.1. The zero-order chi connectivity index (χ0) is 19.6. The SMILES string of the molecule is CNS(=O)(=O)c1cc(C(=O)N2CCNCC2c2ccccc2OC)c(C)o1. The number of benzene rings is 1. The first-order valence-electron chi connectivity index (χ1n) is 8.57. The number of hydrogen-bond acceptors (Lipinski definition) is 6. The minimum Gasteiger partial charge on any atom is -0.496 e. The van der Waals surface area contributed by atoms with Crippen molar-refractivity contribution in [2.24, 2.45) is 0 Å². The third kappa shape index (κ3) is 3.71. The largest absolute Gasteiger partial charge is 0.496 e. The molecule has 0 aliphatic carbocycles. The summed E-state index contributed by atoms with van der Waals surface area (Å²) in [7, 11) is -0.872. The Morgan fingerprint density at radius 1 is 1.37 bits per heavy atom. The maximum atomic E-state index is 13.2. The molecular formula is C18H23N3O5S. The summed E-state index contributed by atoms with van der Waals surface area (Å²) in [6.07, 6.45) is 0. The number of carbonyl (C=O) groups is 1. The van der Waals surface area contributed by atoms with Gasteiger partial charge in [-0.3, -0.25) is 4.79 Å². The van der Waals surface area contributed by atoms with Crippen LogP contribution in [0.4, 0.5) is 0 Å². The molecule has 8 nitrogen and oxygen atoms in total. The van der Waals surface area contributed by atoms with Gasteiger partial charge in [0.15, 0.2) is 0 Å². The first-order chi connectivity index (χ1) is 12.9. The Bertz CT molecular complexity index is 938. The highest BCUT2D eigenvalue weighted by molar-refractivity contribution is 7.89. The topological polar surface area (TPSA) is 101 Å². The van der Waals surface area contributed by atoms with Crippen LogP contribution in [0.3, 0.4) is 0 Å². The van der Waals surface area contributed by atoms with Crippen LogP contribution in [-0.2, 0) is 10.0 Å². The monoisotopic (exact) mass is 393 g/mol. The second-order valence-electron chi connectivity index (χ2n) is 6.20. The van der Waals surface area contributed by atoms with E-state index in [4.69, 9.17) is 9.15 Å². The van der Waals surface area contributed by atoms with Crippen molar-refractivity contribution >= 4 is 15.9 Å². The Hall–Kier alpha value is -2.36. The normalized spacial score (nSPS) is 17.7. The summed E-state index contributed by atoms with van der Waals surface area (Å²) in [4.78, 5) is 14.9. The van der Waals surface area contributed by atoms with E-state index >= 15 is 0 Å². The van der Waals surface area contributed by atoms with Crippen LogP contribution in [0, 0.1) is 6.92 Å². The molecule has 0 radical (unpaired) electrons. The van der Waals surface area contributed by atoms with Crippen LogP contribution in [-0.4, -0.2) is 53.0 Å². The molecule has 1 aliphatic rings. The fourth-order valence-corrected chi connectivity index (χ4v) is 3.93. The van der Waals surface area contributed by atoms with Crippen molar-refractivity contribution in [2.45, 2.75) is 18.1 Å². The van der Waals surface area contributed by atoms with E-state index < -0.39 is 10.0 Å². The zero-order valence-corrected chi connectivity index (χ0v) is 16.3. The highest BCUT2D eigenvalue weighted by Gasteiger charge is 2.33. The molecule has 0 saturated carbocycles. The molecule has 1 atom stereocenters. The Morgan fingerprint density at radius 2 is 2.11 bits per heavy atom. The molecule has 1 amide bonds. The van der Waals surface area contributed by atoms with Crippen molar-refractivity contribution < 1.29 is 22.4 Å². The van der Waals surface area contributed by atoms with Gasteiger partial charge in [0.1, 0.15) is 11.5 Å². The number of nitrogens with one attached hydrogen (secondary N) is 2. The van der Waals surface area contributed by atoms with Crippen LogP contribution >= 0.6 is 0 Å². The zero-order valence-electron chi connectivity index (χ0n) is 15.5. The van der Waals surface area contributed by atoms with Crippen LogP contribution in [0.25, 0.3) is 0 Å². The van der Waals surface area contributed by atoms with Crippen LogP contribution in [0.1, 0.15) is 27.7 Å². The lowest BCUT2D eigenvalue weighted by Crippen LogP contribution is -2.48. The third-order valence-electron chi connectivity index (χ3n) is 4.66. The van der Waals surface area contributed by atoms with Gasteiger partial charge in [-0.15, -0.1) is 0 Å². The number of ether oxygens (including phenoxy) is 1. The average molecular weight is 393 g/mol. The molecule has 9 heteroatoms. The summed E-state index contributed by atoms with van der Waals surface area (Å²) < 4.78 is 36.9. The van der Waals surface area contributed by atoms with Gasteiger partial charge in [0, 0.05) is 31.3 Å². The van der Waals surface area contributed by atoms with E-state index in [2.05, 4.69) is 10.0 Å². The van der Waals surface area contributed by atoms with E-state index in [9.17, 15) is 13.2 Å². The molecule has 1 aromatic heterocycles. The number of carbonyl (C=O) groups excluding carboxylic acids is 1. The maximum Gasteiger partial charge on any atom is 0.273 e. The molecular weight excluding hydrogens is 370 g/mol. The number of aryl methyl sites for hydroxylation is 1. The summed E-state index contributed by atoms with van der Waals surface area (Å²) in [5, 5.41) is 3.03. The smallest absolute Gasteiger partial charge is 0.273 e. The van der Waals surface area contributed by atoms with E-state index in [0.717, 1.165) is 5.56 Å². The molecule has 0 spiro atoms. The molecule has 1 fully saturated rings. The van der Waals surface area contributed by atoms with Gasteiger partial charge in [-0.1, -0.05) is 18.2 Å². The number of hydrogen-bond donors (Lipinski definition) is 2. The summed E-state index contributed by atoms with van der Waals surface area (Å²) in [6.45, 7) is 3.29. The molecule has 1 unspecified atom stereocenters. The minimum absolute atomic E-state index is 0.235. The van der Waals surface area contributed by atoms with Gasteiger partial charge in [0.25, 0.3) is 15.9 Å². The van der Waals surface area contributed by atoms with Crippen molar-refractivity contribution in [1.82, 2.24) is 14.9 Å². The van der Waals surface area contributed by atoms with E-state index in [1.807, 2.05) is 24.3 Å². The number of rotatable bonds is 5. The van der Waals surface area contributed by atoms with Crippen LogP contribution in [0.5, 0.6) is 5.75 Å². The van der Waals surface area contributed by atoms with E-state index in [-0.39, 0.29) is 28.4 Å². The molecule has 3 rings (SSSR count). The third-order valence-corrected chi connectivity index (χ3v) is 5.93. The predicted octanol–water partition coefficient (Wildman–Crippen LogP) is 1.29.